The molecule has 4 nitrogen and oxygen atoms in total. The van der Waals surface area contributed by atoms with Crippen molar-refractivity contribution >= 4 is 12.4 Å². The van der Waals surface area contributed by atoms with E-state index in [9.17, 15) is 0 Å². The van der Waals surface area contributed by atoms with Crippen LogP contribution in [0.5, 0.6) is 0 Å². The van der Waals surface area contributed by atoms with Crippen LogP contribution in [0.4, 0.5) is 0 Å². The van der Waals surface area contributed by atoms with E-state index in [0.29, 0.717) is 0 Å². The molecule has 0 saturated carbocycles. The van der Waals surface area contributed by atoms with Crippen molar-refractivity contribution in [2.45, 2.75) is 39.3 Å². The third-order valence-corrected chi connectivity index (χ3v) is 2.66. The number of aromatic amines is 1. The topological polar surface area (TPSA) is 53.9 Å². The van der Waals surface area contributed by atoms with Gasteiger partial charge in [-0.2, -0.15) is 5.10 Å². The number of furan rings is 1. The average Bonchev–Trinajstić information content (AvgIpc) is 2.86. The Labute approximate surface area is 114 Å². The summed E-state index contributed by atoms with van der Waals surface area (Å²) in [5.74, 6) is 0.950. The first-order valence-corrected chi connectivity index (χ1v) is 5.83. The average molecular weight is 270 g/mol. The maximum atomic E-state index is 5.26. The summed E-state index contributed by atoms with van der Waals surface area (Å²) in [7, 11) is 0. The Morgan fingerprint density at radius 3 is 2.72 bits per heavy atom. The van der Waals surface area contributed by atoms with Gasteiger partial charge in [0.2, 0.25) is 0 Å². The molecule has 0 atom stereocenters. The molecule has 2 rings (SSSR count). The van der Waals surface area contributed by atoms with Gasteiger partial charge in [-0.05, 0) is 12.1 Å². The second-order valence-electron chi connectivity index (χ2n) is 5.20. The van der Waals surface area contributed by atoms with Crippen molar-refractivity contribution in [1.29, 1.82) is 0 Å². The highest BCUT2D eigenvalue weighted by molar-refractivity contribution is 5.85. The predicted octanol–water partition coefficient (Wildman–Crippen LogP) is 3.01. The summed E-state index contributed by atoms with van der Waals surface area (Å²) in [6.45, 7) is 8.06. The molecule has 0 aliphatic rings. The van der Waals surface area contributed by atoms with Crippen molar-refractivity contribution in [3.05, 3.63) is 41.6 Å². The summed E-state index contributed by atoms with van der Waals surface area (Å²) in [5, 5.41) is 10.5. The van der Waals surface area contributed by atoms with E-state index in [0.717, 1.165) is 18.8 Å². The van der Waals surface area contributed by atoms with Crippen LogP contribution in [0.2, 0.25) is 0 Å². The minimum absolute atomic E-state index is 0. The molecule has 100 valence electrons. The molecule has 18 heavy (non-hydrogen) atoms. The Bertz CT molecular complexity index is 457. The summed E-state index contributed by atoms with van der Waals surface area (Å²) in [6, 6.07) is 3.86. The Kier molecular flexibility index (Phi) is 4.99. The van der Waals surface area contributed by atoms with Crippen LogP contribution in [0, 0.1) is 0 Å². The van der Waals surface area contributed by atoms with Crippen LogP contribution in [-0.4, -0.2) is 10.2 Å². The van der Waals surface area contributed by atoms with Gasteiger partial charge < -0.3 is 9.73 Å². The van der Waals surface area contributed by atoms with Crippen LogP contribution in [0.1, 0.15) is 37.8 Å². The Balaban J connectivity index is 0.00000162. The van der Waals surface area contributed by atoms with E-state index in [-0.39, 0.29) is 17.8 Å². The van der Waals surface area contributed by atoms with E-state index in [4.69, 9.17) is 4.42 Å². The van der Waals surface area contributed by atoms with Gasteiger partial charge in [-0.25, -0.2) is 0 Å². The lowest BCUT2D eigenvalue weighted by Gasteiger charge is -2.18. The highest BCUT2D eigenvalue weighted by atomic mass is 35.5. The number of H-pyrrole nitrogens is 1. The van der Waals surface area contributed by atoms with Crippen molar-refractivity contribution in [1.82, 2.24) is 15.5 Å². The molecule has 0 saturated heterocycles. The largest absolute Gasteiger partial charge is 0.468 e. The van der Waals surface area contributed by atoms with E-state index < -0.39 is 0 Å². The summed E-state index contributed by atoms with van der Waals surface area (Å²) < 4.78 is 5.26. The van der Waals surface area contributed by atoms with Crippen LogP contribution in [0.3, 0.4) is 0 Å². The summed E-state index contributed by atoms with van der Waals surface area (Å²) in [6.07, 6.45) is 3.57. The zero-order chi connectivity index (χ0) is 12.3. The van der Waals surface area contributed by atoms with Crippen LogP contribution in [0.15, 0.2) is 29.0 Å². The fourth-order valence-corrected chi connectivity index (χ4v) is 1.83. The zero-order valence-electron chi connectivity index (χ0n) is 11.0. The lowest BCUT2D eigenvalue weighted by atomic mass is 9.89. The fraction of sp³-hybridized carbons (Fsp3) is 0.462. The molecular formula is C13H20ClN3O. The molecular weight excluding hydrogens is 250 g/mol. The first-order valence-electron chi connectivity index (χ1n) is 5.83. The molecule has 2 N–H and O–H groups in total. The minimum Gasteiger partial charge on any atom is -0.468 e. The molecule has 0 radical (unpaired) electrons. The molecule has 0 aliphatic carbocycles. The van der Waals surface area contributed by atoms with Gasteiger partial charge in [0, 0.05) is 23.2 Å². The molecule has 0 fully saturated rings. The van der Waals surface area contributed by atoms with Crippen LogP contribution in [0.25, 0.3) is 0 Å². The number of nitrogens with zero attached hydrogens (tertiary/aromatic N) is 1. The van der Waals surface area contributed by atoms with Gasteiger partial charge in [0.1, 0.15) is 5.76 Å². The molecule has 2 aromatic heterocycles. The van der Waals surface area contributed by atoms with Crippen LogP contribution >= 0.6 is 12.4 Å². The van der Waals surface area contributed by atoms with Crippen molar-refractivity contribution in [2.75, 3.05) is 0 Å². The normalized spacial score (nSPS) is 11.3. The maximum absolute atomic E-state index is 5.26. The fourth-order valence-electron chi connectivity index (χ4n) is 1.83. The van der Waals surface area contributed by atoms with E-state index in [1.807, 2.05) is 18.3 Å². The molecule has 0 aliphatic heterocycles. The third kappa shape index (κ3) is 3.62. The Morgan fingerprint density at radius 1 is 1.33 bits per heavy atom. The Morgan fingerprint density at radius 2 is 2.11 bits per heavy atom. The van der Waals surface area contributed by atoms with Crippen LogP contribution < -0.4 is 5.32 Å². The Hall–Kier alpha value is -1.26. The molecule has 0 spiro atoms. The van der Waals surface area contributed by atoms with Gasteiger partial charge in [0.05, 0.1) is 19.0 Å². The van der Waals surface area contributed by atoms with Crippen LogP contribution in [-0.2, 0) is 18.5 Å². The van der Waals surface area contributed by atoms with Gasteiger partial charge in [-0.15, -0.1) is 12.4 Å². The van der Waals surface area contributed by atoms with Crippen molar-refractivity contribution < 1.29 is 4.42 Å². The van der Waals surface area contributed by atoms with E-state index in [2.05, 4.69) is 36.3 Å². The lowest BCUT2D eigenvalue weighted by molar-refractivity contribution is 0.480. The quantitative estimate of drug-likeness (QED) is 0.897. The molecule has 0 bridgehead atoms. The summed E-state index contributed by atoms with van der Waals surface area (Å²) >= 11 is 0. The number of hydrogen-bond acceptors (Lipinski definition) is 3. The lowest BCUT2D eigenvalue weighted by Crippen LogP contribution is -2.18. The van der Waals surface area contributed by atoms with E-state index >= 15 is 0 Å². The highest BCUT2D eigenvalue weighted by Gasteiger charge is 2.19. The SMILES string of the molecule is CC(C)(C)c1[nH]ncc1CNCc1ccco1.Cl. The molecule has 0 aromatic carbocycles. The van der Waals surface area contributed by atoms with Gasteiger partial charge in [0.15, 0.2) is 0 Å². The molecule has 5 heteroatoms. The highest BCUT2D eigenvalue weighted by Crippen LogP contribution is 2.23. The van der Waals surface area contributed by atoms with E-state index in [1.165, 1.54) is 11.3 Å². The molecule has 2 aromatic rings. The van der Waals surface area contributed by atoms with Gasteiger partial charge in [-0.1, -0.05) is 20.8 Å². The zero-order valence-corrected chi connectivity index (χ0v) is 11.8. The summed E-state index contributed by atoms with van der Waals surface area (Å²) in [4.78, 5) is 0. The van der Waals surface area contributed by atoms with Gasteiger partial charge in [-0.3, -0.25) is 5.10 Å². The van der Waals surface area contributed by atoms with Crippen molar-refractivity contribution in [2.24, 2.45) is 0 Å². The van der Waals surface area contributed by atoms with E-state index in [1.54, 1.807) is 6.26 Å². The second-order valence-corrected chi connectivity index (χ2v) is 5.20. The molecule has 2 heterocycles. The minimum atomic E-state index is 0. The second kappa shape index (κ2) is 6.07. The molecule has 0 amide bonds. The van der Waals surface area contributed by atoms with Gasteiger partial charge >= 0.3 is 0 Å². The van der Waals surface area contributed by atoms with Crippen molar-refractivity contribution in [3.63, 3.8) is 0 Å². The number of hydrogen-bond donors (Lipinski definition) is 2. The first kappa shape index (κ1) is 14.8. The number of aromatic nitrogens is 2. The smallest absolute Gasteiger partial charge is 0.117 e. The van der Waals surface area contributed by atoms with Gasteiger partial charge in [0.25, 0.3) is 0 Å². The summed E-state index contributed by atoms with van der Waals surface area (Å²) in [5.41, 5.74) is 2.49. The standard InChI is InChI=1S/C13H19N3O.ClH/c1-13(2,3)12-10(8-15-16-12)7-14-9-11-5-4-6-17-11;/h4-6,8,14H,7,9H2,1-3H3,(H,15,16);1H. The monoisotopic (exact) mass is 269 g/mol. The third-order valence-electron chi connectivity index (χ3n) is 2.66. The predicted molar refractivity (Wildman–Crippen MR) is 73.8 cm³/mol. The maximum Gasteiger partial charge on any atom is 0.117 e. The number of rotatable bonds is 4. The number of halogens is 1. The number of nitrogens with one attached hydrogen (secondary N) is 2. The molecule has 0 unspecified atom stereocenters. The first-order chi connectivity index (χ1) is 8.07. The van der Waals surface area contributed by atoms with Crippen molar-refractivity contribution in [3.8, 4) is 0 Å².